The van der Waals surface area contributed by atoms with Crippen LogP contribution in [0.1, 0.15) is 28.2 Å². The van der Waals surface area contributed by atoms with Crippen LogP contribution in [0, 0.1) is 6.92 Å². The minimum absolute atomic E-state index is 0.140. The van der Waals surface area contributed by atoms with Gasteiger partial charge in [0.15, 0.2) is 0 Å². The molecule has 0 unspecified atom stereocenters. The Morgan fingerprint density at radius 2 is 2.12 bits per heavy atom. The van der Waals surface area contributed by atoms with Gasteiger partial charge < -0.3 is 10.0 Å². The predicted octanol–water partition coefficient (Wildman–Crippen LogP) is 1.03. The van der Waals surface area contributed by atoms with E-state index < -0.39 is 5.60 Å². The van der Waals surface area contributed by atoms with E-state index >= 15 is 0 Å². The molecule has 25 heavy (non-hydrogen) atoms. The van der Waals surface area contributed by atoms with Gasteiger partial charge >= 0.3 is 0 Å². The summed E-state index contributed by atoms with van der Waals surface area (Å²) < 4.78 is 1.70. The van der Waals surface area contributed by atoms with E-state index in [9.17, 15) is 9.90 Å². The number of para-hydroxylation sites is 1. The van der Waals surface area contributed by atoms with E-state index in [-0.39, 0.29) is 12.5 Å². The molecule has 0 bridgehead atoms. The van der Waals surface area contributed by atoms with Crippen molar-refractivity contribution in [3.05, 3.63) is 59.7 Å². The van der Waals surface area contributed by atoms with Gasteiger partial charge in [0, 0.05) is 19.2 Å². The van der Waals surface area contributed by atoms with Crippen molar-refractivity contribution in [2.24, 2.45) is 0 Å². The van der Waals surface area contributed by atoms with Crippen molar-refractivity contribution in [3.8, 4) is 5.69 Å². The molecular weight excluding hydrogens is 320 g/mol. The second-order valence-electron chi connectivity index (χ2n) is 6.27. The first kappa shape index (κ1) is 15.5. The van der Waals surface area contributed by atoms with Gasteiger partial charge in [0.1, 0.15) is 11.3 Å². The summed E-state index contributed by atoms with van der Waals surface area (Å²) in [5.74, 6) is -0.140. The van der Waals surface area contributed by atoms with E-state index in [1.54, 1.807) is 15.8 Å². The zero-order valence-electron chi connectivity index (χ0n) is 13.8. The van der Waals surface area contributed by atoms with Crippen LogP contribution in [0.2, 0.25) is 0 Å². The maximum absolute atomic E-state index is 12.9. The molecule has 1 fully saturated rings. The molecule has 0 radical (unpaired) electrons. The zero-order valence-corrected chi connectivity index (χ0v) is 13.8. The lowest BCUT2D eigenvalue weighted by Crippen LogP contribution is -2.34. The van der Waals surface area contributed by atoms with Crippen molar-refractivity contribution in [1.29, 1.82) is 0 Å². The number of H-pyrrole nitrogens is 1. The van der Waals surface area contributed by atoms with Gasteiger partial charge in [0.2, 0.25) is 0 Å². The minimum atomic E-state index is -1.16. The number of nitrogens with one attached hydrogen (secondary N) is 1. The van der Waals surface area contributed by atoms with Crippen molar-refractivity contribution in [2.45, 2.75) is 18.9 Å². The lowest BCUT2D eigenvalue weighted by Gasteiger charge is -2.20. The molecule has 8 nitrogen and oxygen atoms in total. The Hall–Kier alpha value is -3.00. The predicted molar refractivity (Wildman–Crippen MR) is 89.1 cm³/mol. The lowest BCUT2D eigenvalue weighted by atomic mass is 10.00. The molecule has 1 saturated heterocycles. The molecular formula is C17H18N6O2. The van der Waals surface area contributed by atoms with Gasteiger partial charge in [0.25, 0.3) is 5.91 Å². The third-order valence-electron chi connectivity index (χ3n) is 4.58. The largest absolute Gasteiger partial charge is 0.381 e. The highest BCUT2D eigenvalue weighted by molar-refractivity contribution is 5.95. The quantitative estimate of drug-likeness (QED) is 0.743. The van der Waals surface area contributed by atoms with Crippen LogP contribution in [0.4, 0.5) is 0 Å². The summed E-state index contributed by atoms with van der Waals surface area (Å²) in [5, 5.41) is 25.4. The van der Waals surface area contributed by atoms with Crippen molar-refractivity contribution < 1.29 is 9.90 Å². The molecule has 1 amide bonds. The fourth-order valence-corrected chi connectivity index (χ4v) is 3.16. The molecule has 8 heteroatoms. The van der Waals surface area contributed by atoms with Crippen LogP contribution in [0.25, 0.3) is 5.69 Å². The summed E-state index contributed by atoms with van der Waals surface area (Å²) in [6.45, 7) is 2.46. The summed E-state index contributed by atoms with van der Waals surface area (Å²) in [5.41, 5.74) is 1.38. The Kier molecular flexibility index (Phi) is 3.61. The van der Waals surface area contributed by atoms with E-state index in [0.717, 1.165) is 5.69 Å². The fourth-order valence-electron chi connectivity index (χ4n) is 3.16. The molecule has 3 heterocycles. The van der Waals surface area contributed by atoms with Crippen molar-refractivity contribution in [2.75, 3.05) is 13.1 Å². The highest BCUT2D eigenvalue weighted by Gasteiger charge is 2.42. The van der Waals surface area contributed by atoms with E-state index in [2.05, 4.69) is 20.5 Å². The number of amides is 1. The highest BCUT2D eigenvalue weighted by Crippen LogP contribution is 2.31. The second-order valence-corrected chi connectivity index (χ2v) is 6.27. The van der Waals surface area contributed by atoms with Crippen LogP contribution in [0.3, 0.4) is 0 Å². The number of carbonyl (C=O) groups excluding carboxylic acids is 1. The lowest BCUT2D eigenvalue weighted by molar-refractivity contribution is 0.0382. The molecule has 1 aliphatic heterocycles. The first-order chi connectivity index (χ1) is 12.1. The number of nitrogens with zero attached hydrogens (tertiary/aromatic N) is 5. The Balaban J connectivity index is 1.57. The zero-order chi connectivity index (χ0) is 17.4. The number of hydrogen-bond donors (Lipinski definition) is 2. The SMILES string of the molecule is Cc1nn(-c2ccccc2)cc1C(=O)N1CC[C@@](O)(c2cn[nH]n2)C1. The van der Waals surface area contributed by atoms with E-state index in [1.165, 1.54) is 6.20 Å². The normalized spacial score (nSPS) is 20.2. The maximum Gasteiger partial charge on any atom is 0.257 e. The Labute approximate surface area is 144 Å². The Morgan fingerprint density at radius 3 is 2.84 bits per heavy atom. The van der Waals surface area contributed by atoms with Gasteiger partial charge in [-0.05, 0) is 19.1 Å². The van der Waals surface area contributed by atoms with Gasteiger partial charge in [0.05, 0.1) is 29.7 Å². The van der Waals surface area contributed by atoms with Gasteiger partial charge in [-0.2, -0.15) is 20.5 Å². The minimum Gasteiger partial charge on any atom is -0.381 e. The van der Waals surface area contributed by atoms with Crippen LogP contribution in [-0.4, -0.2) is 54.2 Å². The number of rotatable bonds is 3. The molecule has 0 saturated carbocycles. The van der Waals surface area contributed by atoms with Crippen molar-refractivity contribution in [3.63, 3.8) is 0 Å². The summed E-state index contributed by atoms with van der Waals surface area (Å²) in [7, 11) is 0. The van der Waals surface area contributed by atoms with Crippen LogP contribution in [0.15, 0.2) is 42.7 Å². The van der Waals surface area contributed by atoms with E-state index in [1.807, 2.05) is 37.3 Å². The van der Waals surface area contributed by atoms with E-state index in [4.69, 9.17) is 0 Å². The highest BCUT2D eigenvalue weighted by atomic mass is 16.3. The Bertz CT molecular complexity index is 889. The summed E-state index contributed by atoms with van der Waals surface area (Å²) >= 11 is 0. The molecule has 0 spiro atoms. The molecule has 4 rings (SSSR count). The average molecular weight is 338 g/mol. The molecule has 1 aromatic carbocycles. The van der Waals surface area contributed by atoms with Crippen LogP contribution < -0.4 is 0 Å². The number of benzene rings is 1. The monoisotopic (exact) mass is 338 g/mol. The van der Waals surface area contributed by atoms with Crippen molar-refractivity contribution >= 4 is 5.91 Å². The molecule has 1 aliphatic rings. The number of aromatic amines is 1. The molecule has 128 valence electrons. The number of β-amino-alcohol motifs (C(OH)–C–C–N with tert-alkyl or cyclic N) is 1. The first-order valence-electron chi connectivity index (χ1n) is 8.06. The van der Waals surface area contributed by atoms with Gasteiger partial charge in [-0.15, -0.1) is 0 Å². The topological polar surface area (TPSA) is 99.9 Å². The molecule has 0 aliphatic carbocycles. The smallest absolute Gasteiger partial charge is 0.257 e. The summed E-state index contributed by atoms with van der Waals surface area (Å²) in [6.07, 6.45) is 3.66. The third kappa shape index (κ3) is 2.70. The first-order valence-corrected chi connectivity index (χ1v) is 8.06. The number of aromatic nitrogens is 5. The van der Waals surface area contributed by atoms with Crippen LogP contribution in [-0.2, 0) is 5.60 Å². The number of carbonyl (C=O) groups is 1. The standard InChI is InChI=1S/C17H18N6O2/c1-12-14(10-23(20-12)13-5-3-2-4-6-13)16(24)22-8-7-17(25,11-22)15-9-18-21-19-15/h2-6,9-10,25H,7-8,11H2,1H3,(H,18,19,21)/t17-/m0/s1. The van der Waals surface area contributed by atoms with Gasteiger partial charge in [-0.1, -0.05) is 18.2 Å². The molecule has 3 aromatic rings. The van der Waals surface area contributed by atoms with Crippen LogP contribution in [0.5, 0.6) is 0 Å². The third-order valence-corrected chi connectivity index (χ3v) is 4.58. The number of aryl methyl sites for hydroxylation is 1. The maximum atomic E-state index is 12.9. The summed E-state index contributed by atoms with van der Waals surface area (Å²) in [6, 6.07) is 9.64. The van der Waals surface area contributed by atoms with Crippen LogP contribution >= 0.6 is 0 Å². The van der Waals surface area contributed by atoms with Gasteiger partial charge in [-0.25, -0.2) is 4.68 Å². The number of aliphatic hydroxyl groups is 1. The van der Waals surface area contributed by atoms with Gasteiger partial charge in [-0.3, -0.25) is 4.79 Å². The van der Waals surface area contributed by atoms with Crippen molar-refractivity contribution in [1.82, 2.24) is 30.1 Å². The molecule has 1 atom stereocenters. The molecule has 2 aromatic heterocycles. The average Bonchev–Trinajstić information content (AvgIpc) is 3.35. The number of hydrogen-bond acceptors (Lipinski definition) is 5. The molecule has 2 N–H and O–H groups in total. The second kappa shape index (κ2) is 5.82. The summed E-state index contributed by atoms with van der Waals surface area (Å²) in [4.78, 5) is 14.5. The van der Waals surface area contributed by atoms with E-state index in [0.29, 0.717) is 29.9 Å². The fraction of sp³-hybridized carbons (Fsp3) is 0.294. The Morgan fingerprint density at radius 1 is 1.32 bits per heavy atom. The number of likely N-dealkylation sites (tertiary alicyclic amines) is 1.